The molecular formula is C15H28O5. The molecule has 1 unspecified atom stereocenters. The molecule has 0 bridgehead atoms. The first-order valence-corrected chi connectivity index (χ1v) is 7.59. The molecule has 0 saturated heterocycles. The number of carbonyl (C=O) groups excluding carboxylic acids is 2. The molecule has 0 heterocycles. The fourth-order valence-corrected chi connectivity index (χ4v) is 1.53. The van der Waals surface area contributed by atoms with Gasteiger partial charge in [0.15, 0.2) is 6.10 Å². The van der Waals surface area contributed by atoms with Gasteiger partial charge in [-0.1, -0.05) is 26.7 Å². The van der Waals surface area contributed by atoms with Gasteiger partial charge < -0.3 is 14.2 Å². The third-order valence-electron chi connectivity index (χ3n) is 2.74. The van der Waals surface area contributed by atoms with Crippen LogP contribution in [0, 0.1) is 0 Å². The van der Waals surface area contributed by atoms with Crippen LogP contribution in [-0.4, -0.2) is 37.9 Å². The van der Waals surface area contributed by atoms with E-state index in [0.29, 0.717) is 26.2 Å². The zero-order valence-corrected chi connectivity index (χ0v) is 13.0. The monoisotopic (exact) mass is 288 g/mol. The molecule has 0 aliphatic heterocycles. The Bertz CT molecular complexity index is 265. The first-order valence-electron chi connectivity index (χ1n) is 7.59. The molecule has 1 atom stereocenters. The summed E-state index contributed by atoms with van der Waals surface area (Å²) in [6.07, 6.45) is 3.47. The van der Waals surface area contributed by atoms with E-state index in [9.17, 15) is 9.59 Å². The Kier molecular flexibility index (Phi) is 12.2. The first-order chi connectivity index (χ1) is 9.65. The molecule has 118 valence electrons. The second-order valence-corrected chi connectivity index (χ2v) is 4.58. The van der Waals surface area contributed by atoms with Crippen LogP contribution in [0.3, 0.4) is 0 Å². The number of unbranched alkanes of at least 4 members (excludes halogenated alkanes) is 2. The van der Waals surface area contributed by atoms with Crippen molar-refractivity contribution in [1.29, 1.82) is 0 Å². The molecule has 0 N–H and O–H groups in total. The van der Waals surface area contributed by atoms with E-state index < -0.39 is 6.10 Å². The summed E-state index contributed by atoms with van der Waals surface area (Å²) in [5.74, 6) is -0.675. The summed E-state index contributed by atoms with van der Waals surface area (Å²) in [7, 11) is 0. The third kappa shape index (κ3) is 9.78. The van der Waals surface area contributed by atoms with Crippen molar-refractivity contribution in [2.45, 2.75) is 65.4 Å². The van der Waals surface area contributed by atoms with Crippen LogP contribution in [-0.2, 0) is 23.8 Å². The maximum Gasteiger partial charge on any atom is 0.335 e. The topological polar surface area (TPSA) is 61.8 Å². The predicted octanol–water partition coefficient (Wildman–Crippen LogP) is 2.86. The number of rotatable bonds is 12. The smallest absolute Gasteiger partial charge is 0.335 e. The molecule has 0 aliphatic rings. The summed E-state index contributed by atoms with van der Waals surface area (Å²) in [6, 6.07) is 0. The van der Waals surface area contributed by atoms with Gasteiger partial charge in [0.05, 0.1) is 13.2 Å². The van der Waals surface area contributed by atoms with E-state index >= 15 is 0 Å². The fourth-order valence-electron chi connectivity index (χ4n) is 1.53. The van der Waals surface area contributed by atoms with Crippen molar-refractivity contribution in [3.8, 4) is 0 Å². The zero-order chi connectivity index (χ0) is 15.2. The largest absolute Gasteiger partial charge is 0.466 e. The van der Waals surface area contributed by atoms with Crippen LogP contribution >= 0.6 is 0 Å². The molecule has 0 aliphatic carbocycles. The average molecular weight is 288 g/mol. The maximum absolute atomic E-state index is 11.8. The molecule has 0 amide bonds. The summed E-state index contributed by atoms with van der Waals surface area (Å²) in [6.45, 7) is 7.13. The Labute approximate surface area is 122 Å². The Morgan fingerprint density at radius 2 is 1.55 bits per heavy atom. The number of hydrogen-bond acceptors (Lipinski definition) is 5. The summed E-state index contributed by atoms with van der Waals surface area (Å²) >= 11 is 0. The van der Waals surface area contributed by atoms with Gasteiger partial charge in [0, 0.05) is 13.0 Å². The molecular weight excluding hydrogens is 260 g/mol. The van der Waals surface area contributed by atoms with Crippen molar-refractivity contribution in [3.63, 3.8) is 0 Å². The summed E-state index contributed by atoms with van der Waals surface area (Å²) in [4.78, 5) is 23.3. The zero-order valence-electron chi connectivity index (χ0n) is 13.0. The van der Waals surface area contributed by atoms with E-state index in [-0.39, 0.29) is 18.4 Å². The van der Waals surface area contributed by atoms with E-state index in [1.807, 2.05) is 20.8 Å². The van der Waals surface area contributed by atoms with Crippen molar-refractivity contribution in [3.05, 3.63) is 0 Å². The highest BCUT2D eigenvalue weighted by atomic mass is 16.6. The van der Waals surface area contributed by atoms with Gasteiger partial charge in [0.2, 0.25) is 0 Å². The van der Waals surface area contributed by atoms with Crippen LogP contribution in [0.4, 0.5) is 0 Å². The van der Waals surface area contributed by atoms with Crippen LogP contribution < -0.4 is 0 Å². The molecule has 0 fully saturated rings. The number of hydrogen-bond donors (Lipinski definition) is 0. The molecule has 0 aromatic carbocycles. The molecule has 5 heteroatoms. The minimum atomic E-state index is -0.671. The summed E-state index contributed by atoms with van der Waals surface area (Å²) < 4.78 is 15.5. The molecule has 20 heavy (non-hydrogen) atoms. The molecule has 0 saturated carbocycles. The molecule has 0 radical (unpaired) electrons. The Morgan fingerprint density at radius 3 is 2.10 bits per heavy atom. The lowest BCUT2D eigenvalue weighted by atomic mass is 10.2. The van der Waals surface area contributed by atoms with Crippen molar-refractivity contribution in [1.82, 2.24) is 0 Å². The number of ether oxygens (including phenoxy) is 3. The van der Waals surface area contributed by atoms with Gasteiger partial charge in [-0.25, -0.2) is 4.79 Å². The van der Waals surface area contributed by atoms with Crippen molar-refractivity contribution in [2.24, 2.45) is 0 Å². The highest BCUT2D eigenvalue weighted by Crippen LogP contribution is 2.07. The minimum Gasteiger partial charge on any atom is -0.466 e. The normalized spacial score (nSPS) is 11.9. The molecule has 0 rings (SSSR count). The van der Waals surface area contributed by atoms with Gasteiger partial charge in [0.25, 0.3) is 0 Å². The predicted molar refractivity (Wildman–Crippen MR) is 76.4 cm³/mol. The van der Waals surface area contributed by atoms with Gasteiger partial charge in [-0.2, -0.15) is 0 Å². The Hall–Kier alpha value is -1.10. The quantitative estimate of drug-likeness (QED) is 0.408. The highest BCUT2D eigenvalue weighted by molar-refractivity contribution is 5.76. The van der Waals surface area contributed by atoms with Crippen LogP contribution in [0.25, 0.3) is 0 Å². The van der Waals surface area contributed by atoms with Crippen LogP contribution in [0.5, 0.6) is 0 Å². The molecule has 0 aromatic heterocycles. The van der Waals surface area contributed by atoms with E-state index in [4.69, 9.17) is 14.2 Å². The van der Waals surface area contributed by atoms with Gasteiger partial charge in [0.1, 0.15) is 0 Å². The summed E-state index contributed by atoms with van der Waals surface area (Å²) in [5.41, 5.74) is 0. The van der Waals surface area contributed by atoms with Crippen LogP contribution in [0.1, 0.15) is 59.3 Å². The standard InChI is InChI=1S/C15H28O5/c1-4-7-11-19-14(16)10-9-13(18-6-3)15(17)20-12-8-5-2/h13H,4-12H2,1-3H3. The van der Waals surface area contributed by atoms with Crippen LogP contribution in [0.15, 0.2) is 0 Å². The van der Waals surface area contributed by atoms with Gasteiger partial charge in [-0.3, -0.25) is 4.79 Å². The van der Waals surface area contributed by atoms with Crippen molar-refractivity contribution >= 4 is 11.9 Å². The average Bonchev–Trinajstić information content (AvgIpc) is 2.43. The number of esters is 2. The SMILES string of the molecule is CCCCOC(=O)CCC(OCC)C(=O)OCCCC. The van der Waals surface area contributed by atoms with Gasteiger partial charge >= 0.3 is 11.9 Å². The summed E-state index contributed by atoms with van der Waals surface area (Å²) in [5, 5.41) is 0. The lowest BCUT2D eigenvalue weighted by Gasteiger charge is -2.15. The minimum absolute atomic E-state index is 0.178. The van der Waals surface area contributed by atoms with Crippen molar-refractivity contribution < 1.29 is 23.8 Å². The van der Waals surface area contributed by atoms with E-state index in [0.717, 1.165) is 25.7 Å². The lowest BCUT2D eigenvalue weighted by molar-refractivity contribution is -0.158. The third-order valence-corrected chi connectivity index (χ3v) is 2.74. The van der Waals surface area contributed by atoms with E-state index in [1.165, 1.54) is 0 Å². The van der Waals surface area contributed by atoms with E-state index in [2.05, 4.69) is 0 Å². The lowest BCUT2D eigenvalue weighted by Crippen LogP contribution is -2.28. The Balaban J connectivity index is 3.99. The number of carbonyl (C=O) groups is 2. The Morgan fingerprint density at radius 1 is 0.950 bits per heavy atom. The highest BCUT2D eigenvalue weighted by Gasteiger charge is 2.21. The second kappa shape index (κ2) is 12.9. The second-order valence-electron chi connectivity index (χ2n) is 4.58. The van der Waals surface area contributed by atoms with Gasteiger partial charge in [-0.15, -0.1) is 0 Å². The van der Waals surface area contributed by atoms with E-state index in [1.54, 1.807) is 0 Å². The molecule has 0 spiro atoms. The maximum atomic E-state index is 11.8. The molecule has 0 aromatic rings. The van der Waals surface area contributed by atoms with Crippen LogP contribution in [0.2, 0.25) is 0 Å². The van der Waals surface area contributed by atoms with Crippen molar-refractivity contribution in [2.75, 3.05) is 19.8 Å². The van der Waals surface area contributed by atoms with Gasteiger partial charge in [-0.05, 0) is 26.2 Å². The fraction of sp³-hybridized carbons (Fsp3) is 0.867. The first kappa shape index (κ1) is 18.9. The molecule has 5 nitrogen and oxygen atoms in total.